The Balaban J connectivity index is 1.34. The summed E-state index contributed by atoms with van der Waals surface area (Å²) in [6, 6.07) is 6.69. The number of imidazole rings is 1. The molecular formula is C29H35F2N7O. The van der Waals surface area contributed by atoms with Crippen molar-refractivity contribution >= 4 is 35.2 Å². The molecule has 3 aromatic rings. The predicted octanol–water partition coefficient (Wildman–Crippen LogP) is 5.69. The Morgan fingerprint density at radius 1 is 1.26 bits per heavy atom. The number of likely N-dealkylation sites (tertiary alicyclic amines) is 1. The molecule has 2 aliphatic rings. The molecule has 0 bridgehead atoms. The minimum absolute atomic E-state index is 0.0415. The summed E-state index contributed by atoms with van der Waals surface area (Å²) in [5, 5.41) is 2.97. The summed E-state index contributed by atoms with van der Waals surface area (Å²) in [5.41, 5.74) is 1.90. The number of halogens is 2. The van der Waals surface area contributed by atoms with Crippen LogP contribution in [0.2, 0.25) is 0 Å². The lowest BCUT2D eigenvalue weighted by Gasteiger charge is -2.28. The summed E-state index contributed by atoms with van der Waals surface area (Å²) >= 11 is 0. The van der Waals surface area contributed by atoms with Crippen molar-refractivity contribution in [3.63, 3.8) is 0 Å². The molecule has 2 aliphatic heterocycles. The second-order valence-corrected chi connectivity index (χ2v) is 11.0. The molecule has 0 atom stereocenters. The first-order valence-corrected chi connectivity index (χ1v) is 13.3. The number of rotatable bonds is 6. The largest absolute Gasteiger partial charge is 0.373 e. The zero-order chi connectivity index (χ0) is 27.7. The number of nitrogens with one attached hydrogen (secondary N) is 1. The molecular weight excluding hydrogens is 500 g/mol. The number of guanidine groups is 1. The van der Waals surface area contributed by atoms with Crippen LogP contribution in [-0.2, 0) is 23.3 Å². The lowest BCUT2D eigenvalue weighted by molar-refractivity contribution is 0.00204. The van der Waals surface area contributed by atoms with E-state index in [9.17, 15) is 4.39 Å². The number of pyridine rings is 1. The van der Waals surface area contributed by atoms with Crippen LogP contribution in [0.1, 0.15) is 57.0 Å². The Kier molecular flexibility index (Phi) is 7.59. The summed E-state index contributed by atoms with van der Waals surface area (Å²) in [6.45, 7) is 11.6. The van der Waals surface area contributed by atoms with Gasteiger partial charge in [0.15, 0.2) is 5.82 Å². The molecule has 39 heavy (non-hydrogen) atoms. The number of nitrogens with zero attached hydrogens (tertiary/aromatic N) is 6. The third-order valence-electron chi connectivity index (χ3n) is 7.53. The Labute approximate surface area is 227 Å². The van der Waals surface area contributed by atoms with Crippen LogP contribution in [-0.4, -0.2) is 58.4 Å². The summed E-state index contributed by atoms with van der Waals surface area (Å²) < 4.78 is 38.0. The molecule has 1 aromatic carbocycles. The van der Waals surface area contributed by atoms with Gasteiger partial charge in [0, 0.05) is 36.8 Å². The van der Waals surface area contributed by atoms with E-state index in [-0.39, 0.29) is 28.8 Å². The van der Waals surface area contributed by atoms with Gasteiger partial charge in [-0.1, -0.05) is 6.07 Å². The fourth-order valence-electron chi connectivity index (χ4n) is 5.31. The van der Waals surface area contributed by atoms with E-state index in [1.54, 1.807) is 18.3 Å². The minimum Gasteiger partial charge on any atom is -0.373 e. The molecule has 1 fully saturated rings. The van der Waals surface area contributed by atoms with Crippen molar-refractivity contribution in [3.05, 3.63) is 59.1 Å². The van der Waals surface area contributed by atoms with Crippen molar-refractivity contribution in [3.8, 4) is 0 Å². The highest BCUT2D eigenvalue weighted by Gasteiger charge is 2.33. The molecule has 0 aliphatic carbocycles. The quantitative estimate of drug-likeness (QED) is 0.324. The van der Waals surface area contributed by atoms with Crippen LogP contribution >= 0.6 is 0 Å². The normalized spacial score (nSPS) is 18.8. The number of fused-ring (bicyclic) bond motifs is 3. The molecule has 4 heterocycles. The number of aliphatic imine (C=N–C) groups is 2. The molecule has 2 aromatic heterocycles. The van der Waals surface area contributed by atoms with Gasteiger partial charge in [-0.15, -0.1) is 0 Å². The molecule has 0 saturated carbocycles. The van der Waals surface area contributed by atoms with Gasteiger partial charge in [0.1, 0.15) is 28.7 Å². The van der Waals surface area contributed by atoms with E-state index in [1.807, 2.05) is 10.6 Å². The standard InChI is InChI=1S/C29H35F2N7O/c1-18(30)26(20-14-22(31)27-23(15-20)38-25(35-27)8-11-29(38,2)3)36-28(32-4)34-24-7-6-19(16-33-24)17-39-21-9-12-37(5)13-10-21/h6-7,14-16,21H,4,8-13,17H2,1-3,5H3,(H,33,34,36)/b26-18+. The SMILES string of the molecule is C=N/C(=N\C(=C(/C)F)c1cc(F)c2nc3n(c2c1)C(C)(C)CC3)Nc1ccc(COC2CCN(C)CC2)cn1. The Morgan fingerprint density at radius 2 is 2.03 bits per heavy atom. The smallest absolute Gasteiger partial charge is 0.228 e. The third-order valence-corrected chi connectivity index (χ3v) is 7.53. The predicted molar refractivity (Wildman–Crippen MR) is 151 cm³/mol. The van der Waals surface area contributed by atoms with Crippen LogP contribution in [0.15, 0.2) is 46.3 Å². The van der Waals surface area contributed by atoms with Crippen LogP contribution in [0.25, 0.3) is 16.7 Å². The van der Waals surface area contributed by atoms with E-state index in [4.69, 9.17) is 4.74 Å². The second-order valence-electron chi connectivity index (χ2n) is 11.0. The third kappa shape index (κ3) is 5.77. The number of hydrogen-bond donors (Lipinski definition) is 1. The maximum atomic E-state index is 15.1. The molecule has 0 unspecified atom stereocenters. The summed E-state index contributed by atoms with van der Waals surface area (Å²) in [5.74, 6) is 0.251. The van der Waals surface area contributed by atoms with E-state index in [0.717, 1.165) is 50.2 Å². The van der Waals surface area contributed by atoms with Crippen molar-refractivity contribution in [1.29, 1.82) is 0 Å². The number of anilines is 1. The van der Waals surface area contributed by atoms with Gasteiger partial charge in [-0.05, 0) is 77.6 Å². The van der Waals surface area contributed by atoms with Crippen LogP contribution in [0, 0.1) is 5.82 Å². The van der Waals surface area contributed by atoms with Crippen molar-refractivity contribution < 1.29 is 13.5 Å². The number of aryl methyl sites for hydroxylation is 1. The minimum atomic E-state index is -0.577. The van der Waals surface area contributed by atoms with Gasteiger partial charge >= 0.3 is 0 Å². The first-order valence-electron chi connectivity index (χ1n) is 13.3. The van der Waals surface area contributed by atoms with Crippen molar-refractivity contribution in [2.24, 2.45) is 9.98 Å². The van der Waals surface area contributed by atoms with Gasteiger partial charge < -0.3 is 19.5 Å². The fourth-order valence-corrected chi connectivity index (χ4v) is 5.31. The monoisotopic (exact) mass is 535 g/mol. The number of allylic oxidation sites excluding steroid dienone is 1. The number of hydrogen-bond acceptors (Lipinski definition) is 5. The number of piperidine rings is 1. The first kappa shape index (κ1) is 27.1. The van der Waals surface area contributed by atoms with Gasteiger partial charge in [0.05, 0.1) is 18.2 Å². The van der Waals surface area contributed by atoms with Crippen LogP contribution in [0.3, 0.4) is 0 Å². The molecule has 10 heteroatoms. The highest BCUT2D eigenvalue weighted by Crippen LogP contribution is 2.37. The Hall–Kier alpha value is -3.50. The highest BCUT2D eigenvalue weighted by atomic mass is 19.1. The number of ether oxygens (including phenoxy) is 1. The maximum Gasteiger partial charge on any atom is 0.228 e. The highest BCUT2D eigenvalue weighted by molar-refractivity contribution is 5.99. The van der Waals surface area contributed by atoms with Gasteiger partial charge in [-0.2, -0.15) is 0 Å². The first-order chi connectivity index (χ1) is 18.6. The van der Waals surface area contributed by atoms with Crippen molar-refractivity contribution in [1.82, 2.24) is 19.4 Å². The van der Waals surface area contributed by atoms with Crippen LogP contribution in [0.4, 0.5) is 14.6 Å². The Morgan fingerprint density at radius 3 is 2.69 bits per heavy atom. The van der Waals surface area contributed by atoms with Gasteiger partial charge in [-0.25, -0.2) is 28.7 Å². The maximum absolute atomic E-state index is 15.1. The van der Waals surface area contributed by atoms with E-state index in [1.165, 1.54) is 13.0 Å². The molecule has 206 valence electrons. The van der Waals surface area contributed by atoms with E-state index in [0.29, 0.717) is 23.5 Å². The summed E-state index contributed by atoms with van der Waals surface area (Å²) in [7, 11) is 2.12. The molecule has 5 rings (SSSR count). The van der Waals surface area contributed by atoms with Crippen molar-refractivity contribution in [2.45, 2.75) is 64.7 Å². The zero-order valence-electron chi connectivity index (χ0n) is 23.0. The van der Waals surface area contributed by atoms with Gasteiger partial charge in [-0.3, -0.25) is 0 Å². The molecule has 1 N–H and O–H groups in total. The van der Waals surface area contributed by atoms with E-state index < -0.39 is 11.6 Å². The number of benzene rings is 1. The average Bonchev–Trinajstić information content (AvgIpc) is 3.44. The lowest BCUT2D eigenvalue weighted by atomic mass is 10.0. The summed E-state index contributed by atoms with van der Waals surface area (Å²) in [6.07, 6.45) is 5.71. The zero-order valence-corrected chi connectivity index (χ0v) is 23.0. The molecule has 1 saturated heterocycles. The number of aromatic nitrogens is 3. The second kappa shape index (κ2) is 10.9. The molecule has 0 radical (unpaired) electrons. The lowest BCUT2D eigenvalue weighted by Crippen LogP contribution is -2.34. The Bertz CT molecular complexity index is 1430. The van der Waals surface area contributed by atoms with Crippen molar-refractivity contribution in [2.75, 3.05) is 25.5 Å². The topological polar surface area (TPSA) is 79.9 Å². The van der Waals surface area contributed by atoms with Gasteiger partial charge in [0.25, 0.3) is 0 Å². The average molecular weight is 536 g/mol. The van der Waals surface area contributed by atoms with Crippen LogP contribution in [0.5, 0.6) is 0 Å². The van der Waals surface area contributed by atoms with Crippen LogP contribution < -0.4 is 5.32 Å². The summed E-state index contributed by atoms with van der Waals surface area (Å²) in [4.78, 5) is 19.5. The fraction of sp³-hybridized carbons (Fsp3) is 0.448. The van der Waals surface area contributed by atoms with E-state index in [2.05, 4.69) is 57.8 Å². The molecule has 0 amide bonds. The van der Waals surface area contributed by atoms with E-state index >= 15 is 4.39 Å². The van der Waals surface area contributed by atoms with Gasteiger partial charge in [0.2, 0.25) is 5.96 Å². The molecule has 0 spiro atoms. The molecule has 8 nitrogen and oxygen atoms in total.